The van der Waals surface area contributed by atoms with Gasteiger partial charge in [0.05, 0.1) is 41.6 Å². The smallest absolute Gasteiger partial charge is 0.372 e. The van der Waals surface area contributed by atoms with Crippen molar-refractivity contribution in [1.29, 1.82) is 0 Å². The topological polar surface area (TPSA) is 102 Å². The highest BCUT2D eigenvalue weighted by molar-refractivity contribution is 8.15. The molecule has 1 aliphatic rings. The molecule has 17 heteroatoms. The van der Waals surface area contributed by atoms with E-state index in [1.807, 2.05) is 13.0 Å². The van der Waals surface area contributed by atoms with Gasteiger partial charge in [0.2, 0.25) is 9.70 Å². The van der Waals surface area contributed by atoms with Crippen LogP contribution in [0.25, 0.3) is 17.1 Å². The summed E-state index contributed by atoms with van der Waals surface area (Å²) in [4.78, 5) is 35.1. The number of aromatic nitrogens is 3. The number of nitrogens with one attached hydrogen (secondary N) is 1. The summed E-state index contributed by atoms with van der Waals surface area (Å²) in [5.41, 5.74) is 1.41. The number of carbonyl (C=O) groups is 2. The van der Waals surface area contributed by atoms with Crippen LogP contribution in [0.5, 0.6) is 0 Å². The molecule has 46 heavy (non-hydrogen) atoms. The fourth-order valence-corrected chi connectivity index (χ4v) is 5.36. The number of rotatable bonds is 7. The number of alkyl halides is 6. The van der Waals surface area contributed by atoms with E-state index in [1.165, 1.54) is 40.2 Å². The fourth-order valence-electron chi connectivity index (χ4n) is 4.27. The molecule has 0 atom stereocenters. The van der Waals surface area contributed by atoms with E-state index >= 15 is 4.39 Å². The van der Waals surface area contributed by atoms with Crippen molar-refractivity contribution in [2.45, 2.75) is 23.5 Å². The fraction of sp³-hybridized carbons (Fsp3) is 0.207. The first kappa shape index (κ1) is 33.7. The zero-order chi connectivity index (χ0) is 33.2. The van der Waals surface area contributed by atoms with Gasteiger partial charge >= 0.3 is 12.2 Å². The molecule has 1 fully saturated rings. The first-order valence-corrected chi connectivity index (χ1v) is 15.3. The number of aliphatic imine (C=N–C) groups is 1. The lowest BCUT2D eigenvalue weighted by atomic mass is 10.1. The van der Waals surface area contributed by atoms with Gasteiger partial charge in [-0.2, -0.15) is 18.2 Å². The molecular weight excluding hydrogens is 695 g/mol. The molecule has 1 N–H and O–H groups in total. The highest BCUT2D eigenvalue weighted by atomic mass is 35.6. The second-order valence-electron chi connectivity index (χ2n) is 9.83. The van der Waals surface area contributed by atoms with E-state index in [2.05, 4.69) is 20.4 Å². The van der Waals surface area contributed by atoms with Crippen LogP contribution >= 0.6 is 46.6 Å². The lowest BCUT2D eigenvalue weighted by Crippen LogP contribution is -2.31. The number of aryl methyl sites for hydroxylation is 1. The molecule has 0 unspecified atom stereocenters. The van der Waals surface area contributed by atoms with Gasteiger partial charge in [-0.15, -0.1) is 5.10 Å². The average Bonchev–Trinajstić information content (AvgIpc) is 3.61. The molecule has 3 aromatic carbocycles. The standard InChI is InChI=1S/C29H21Cl3F4N6O3S/c1-16-2-3-18(12-45-14-28(30,31)32)23(10-16)42-24(43)13-46-27(42)39-26(44)38-22-9-4-17(11-21(22)33)25-37-15-41(40-25)20-7-5-19(6-8-20)29(34,35)36/h2-11,15H,12-14H2,1H3,(H,38,44). The minimum Gasteiger partial charge on any atom is -0.372 e. The summed E-state index contributed by atoms with van der Waals surface area (Å²) in [7, 11) is 0. The molecule has 4 aromatic rings. The van der Waals surface area contributed by atoms with E-state index in [0.29, 0.717) is 16.9 Å². The van der Waals surface area contributed by atoms with Crippen molar-refractivity contribution in [3.8, 4) is 17.1 Å². The predicted octanol–water partition coefficient (Wildman–Crippen LogP) is 7.96. The van der Waals surface area contributed by atoms with E-state index in [-0.39, 0.29) is 47.1 Å². The maximum absolute atomic E-state index is 15.1. The third-order valence-electron chi connectivity index (χ3n) is 6.39. The third kappa shape index (κ3) is 8.17. The Morgan fingerprint density at radius 2 is 1.83 bits per heavy atom. The van der Waals surface area contributed by atoms with Crippen LogP contribution < -0.4 is 10.2 Å². The molecular formula is C29H21Cl3F4N6O3S. The SMILES string of the molecule is Cc1ccc(COCC(Cl)(Cl)Cl)c(N2C(=O)CSC2=NC(=O)Nc2ccc(-c3ncn(-c4ccc(C(F)(F)F)cc4)n3)cc2F)c1. The van der Waals surface area contributed by atoms with E-state index in [1.54, 1.807) is 12.1 Å². The Bertz CT molecular complexity index is 1810. The van der Waals surface area contributed by atoms with Gasteiger partial charge in [-0.3, -0.25) is 9.69 Å². The molecule has 1 saturated heterocycles. The summed E-state index contributed by atoms with van der Waals surface area (Å²) in [6.07, 6.45) is -3.20. The molecule has 0 aliphatic carbocycles. The van der Waals surface area contributed by atoms with Crippen LogP contribution in [-0.4, -0.2) is 48.0 Å². The van der Waals surface area contributed by atoms with Crippen molar-refractivity contribution in [2.24, 2.45) is 4.99 Å². The number of hydrogen-bond acceptors (Lipinski definition) is 6. The van der Waals surface area contributed by atoms with E-state index in [4.69, 9.17) is 39.5 Å². The lowest BCUT2D eigenvalue weighted by molar-refractivity contribution is -0.137. The summed E-state index contributed by atoms with van der Waals surface area (Å²) >= 11 is 18.3. The third-order valence-corrected chi connectivity index (χ3v) is 7.64. The van der Waals surface area contributed by atoms with Gasteiger partial charge in [0, 0.05) is 11.1 Å². The normalized spacial score (nSPS) is 14.7. The number of urea groups is 1. The van der Waals surface area contributed by atoms with Crippen LogP contribution in [0.1, 0.15) is 16.7 Å². The van der Waals surface area contributed by atoms with Crippen molar-refractivity contribution >= 4 is 75.0 Å². The molecule has 1 aromatic heterocycles. The van der Waals surface area contributed by atoms with Crippen LogP contribution in [0.4, 0.5) is 33.7 Å². The first-order chi connectivity index (χ1) is 21.7. The Labute approximate surface area is 278 Å². The lowest BCUT2D eigenvalue weighted by Gasteiger charge is -2.21. The zero-order valence-electron chi connectivity index (χ0n) is 23.5. The van der Waals surface area contributed by atoms with Gasteiger partial charge in [0.1, 0.15) is 12.1 Å². The number of halogens is 7. The Morgan fingerprint density at radius 3 is 2.50 bits per heavy atom. The number of benzene rings is 3. The number of carbonyl (C=O) groups excluding carboxylic acids is 2. The molecule has 0 bridgehead atoms. The van der Waals surface area contributed by atoms with Gasteiger partial charge in [0.25, 0.3) is 0 Å². The summed E-state index contributed by atoms with van der Waals surface area (Å²) in [5, 5.41) is 6.65. The molecule has 5 rings (SSSR count). The van der Waals surface area contributed by atoms with E-state index in [0.717, 1.165) is 35.5 Å². The largest absolute Gasteiger partial charge is 0.416 e. The highest BCUT2D eigenvalue weighted by Crippen LogP contribution is 2.33. The van der Waals surface area contributed by atoms with Crippen molar-refractivity contribution in [1.82, 2.24) is 14.8 Å². The average molecular weight is 716 g/mol. The summed E-state index contributed by atoms with van der Waals surface area (Å²) in [5.74, 6) is -1.04. The number of amidine groups is 1. The maximum Gasteiger partial charge on any atom is 0.416 e. The maximum atomic E-state index is 15.1. The Kier molecular flexibility index (Phi) is 9.94. The van der Waals surface area contributed by atoms with Gasteiger partial charge in [0.15, 0.2) is 11.0 Å². The molecule has 9 nitrogen and oxygen atoms in total. The number of ether oxygens (including phenoxy) is 1. The van der Waals surface area contributed by atoms with Gasteiger partial charge < -0.3 is 10.1 Å². The minimum absolute atomic E-state index is 0.00639. The van der Waals surface area contributed by atoms with Gasteiger partial charge in [-0.05, 0) is 61.0 Å². The molecule has 1 aliphatic heterocycles. The summed E-state index contributed by atoms with van der Waals surface area (Å²) in [6, 6.07) is 12.5. The van der Waals surface area contributed by atoms with Crippen molar-refractivity contribution < 1.29 is 31.9 Å². The second kappa shape index (κ2) is 13.6. The zero-order valence-corrected chi connectivity index (χ0v) is 26.6. The molecule has 0 radical (unpaired) electrons. The number of anilines is 2. The predicted molar refractivity (Wildman–Crippen MR) is 169 cm³/mol. The summed E-state index contributed by atoms with van der Waals surface area (Å²) < 4.78 is 58.8. The van der Waals surface area contributed by atoms with E-state index < -0.39 is 27.4 Å². The van der Waals surface area contributed by atoms with Crippen molar-refractivity contribution in [3.63, 3.8) is 0 Å². The van der Waals surface area contributed by atoms with Gasteiger partial charge in [-0.25, -0.2) is 18.9 Å². The molecule has 0 saturated carbocycles. The molecule has 3 amide bonds. The second-order valence-corrected chi connectivity index (χ2v) is 13.3. The number of amides is 3. The van der Waals surface area contributed by atoms with Crippen LogP contribution in [0, 0.1) is 12.7 Å². The Balaban J connectivity index is 1.30. The first-order valence-electron chi connectivity index (χ1n) is 13.2. The Hall–Kier alpha value is -3.69. The van der Waals surface area contributed by atoms with Crippen LogP contribution in [0.3, 0.4) is 0 Å². The minimum atomic E-state index is -4.48. The quantitative estimate of drug-likeness (QED) is 0.154. The highest BCUT2D eigenvalue weighted by Gasteiger charge is 2.33. The molecule has 0 spiro atoms. The summed E-state index contributed by atoms with van der Waals surface area (Å²) in [6.45, 7) is 1.64. The van der Waals surface area contributed by atoms with Crippen LogP contribution in [0.2, 0.25) is 0 Å². The number of nitrogens with zero attached hydrogens (tertiary/aromatic N) is 5. The van der Waals surface area contributed by atoms with Crippen LogP contribution in [0.15, 0.2) is 72.0 Å². The number of hydrogen-bond donors (Lipinski definition) is 1. The van der Waals surface area contributed by atoms with E-state index in [9.17, 15) is 22.8 Å². The van der Waals surface area contributed by atoms with Gasteiger partial charge in [-0.1, -0.05) is 58.7 Å². The number of thioether (sulfide) groups is 1. The van der Waals surface area contributed by atoms with Crippen LogP contribution in [-0.2, 0) is 22.3 Å². The van der Waals surface area contributed by atoms with Crippen molar-refractivity contribution in [2.75, 3.05) is 22.6 Å². The van der Waals surface area contributed by atoms with Crippen molar-refractivity contribution in [3.05, 3.63) is 89.5 Å². The molecule has 240 valence electrons. The molecule has 2 heterocycles. The monoisotopic (exact) mass is 714 g/mol. The Morgan fingerprint density at radius 1 is 1.09 bits per heavy atom.